The quantitative estimate of drug-likeness (QED) is 0.802. The van der Waals surface area contributed by atoms with E-state index in [1.807, 2.05) is 0 Å². The van der Waals surface area contributed by atoms with Crippen LogP contribution in [-0.2, 0) is 9.59 Å². The van der Waals surface area contributed by atoms with Gasteiger partial charge >= 0.3 is 5.97 Å². The molecule has 0 aromatic heterocycles. The smallest absolute Gasteiger partial charge is 0.303 e. The molecule has 2 unspecified atom stereocenters. The fourth-order valence-electron chi connectivity index (χ4n) is 2.46. The highest BCUT2D eigenvalue weighted by atomic mass is 16.4. The number of carbonyl (C=O) groups is 2. The maximum Gasteiger partial charge on any atom is 0.303 e. The Balaban J connectivity index is 2.82. The molecule has 1 aliphatic heterocycles. The highest BCUT2D eigenvalue weighted by Crippen LogP contribution is 2.19. The lowest BCUT2D eigenvalue weighted by atomic mass is 10.1. The molecule has 1 N–H and O–H groups in total. The van der Waals surface area contributed by atoms with Crippen LogP contribution in [0.3, 0.4) is 0 Å². The van der Waals surface area contributed by atoms with Crippen molar-refractivity contribution in [3.63, 3.8) is 0 Å². The second kappa shape index (κ2) is 6.73. The molecule has 0 aromatic rings. The number of nitrogens with zero attached hydrogens (tertiary/aromatic N) is 2. The average Bonchev–Trinajstić information content (AvgIpc) is 2.47. The molecule has 5 nitrogen and oxygen atoms in total. The second-order valence-electron chi connectivity index (χ2n) is 5.06. The Kier molecular flexibility index (Phi) is 5.59. The summed E-state index contributed by atoms with van der Waals surface area (Å²) in [4.78, 5) is 26.9. The highest BCUT2D eigenvalue weighted by Gasteiger charge is 2.33. The number of carboxylic acids is 1. The molecule has 1 amide bonds. The van der Waals surface area contributed by atoms with Crippen LogP contribution in [-0.4, -0.2) is 59.0 Å². The van der Waals surface area contributed by atoms with Gasteiger partial charge in [-0.15, -0.1) is 0 Å². The molecule has 1 saturated heterocycles. The third kappa shape index (κ3) is 3.70. The number of rotatable bonds is 5. The predicted octanol–water partition coefficient (Wildman–Crippen LogP) is 1.18. The summed E-state index contributed by atoms with van der Waals surface area (Å²) >= 11 is 0. The van der Waals surface area contributed by atoms with E-state index in [0.29, 0.717) is 12.5 Å². The van der Waals surface area contributed by atoms with Gasteiger partial charge in [-0.3, -0.25) is 14.5 Å². The summed E-state index contributed by atoms with van der Waals surface area (Å²) in [5, 5.41) is 8.81. The number of aliphatic carboxylic acids is 1. The zero-order valence-corrected chi connectivity index (χ0v) is 11.6. The Labute approximate surface area is 109 Å². The molecule has 1 fully saturated rings. The molecule has 5 heteroatoms. The lowest BCUT2D eigenvalue weighted by Crippen LogP contribution is -2.48. The zero-order valence-electron chi connectivity index (χ0n) is 11.6. The first kappa shape index (κ1) is 15.0. The number of carboxylic acid groups (broad SMARTS) is 1. The maximum absolute atomic E-state index is 12.3. The van der Waals surface area contributed by atoms with Crippen molar-refractivity contribution in [1.29, 1.82) is 0 Å². The Morgan fingerprint density at radius 2 is 2.17 bits per heavy atom. The van der Waals surface area contributed by atoms with Crippen LogP contribution in [0.25, 0.3) is 0 Å². The van der Waals surface area contributed by atoms with Crippen molar-refractivity contribution >= 4 is 11.9 Å². The van der Waals surface area contributed by atoms with Crippen LogP contribution in [0.4, 0.5) is 0 Å². The Bertz CT molecular complexity index is 307. The third-order valence-corrected chi connectivity index (χ3v) is 3.76. The number of likely N-dealkylation sites (N-methyl/N-ethyl adjacent to an activating group) is 1. The first-order valence-corrected chi connectivity index (χ1v) is 6.69. The van der Waals surface area contributed by atoms with Gasteiger partial charge in [-0.05, 0) is 26.2 Å². The summed E-state index contributed by atoms with van der Waals surface area (Å²) in [7, 11) is 1.80. The van der Waals surface area contributed by atoms with Gasteiger partial charge in [0.2, 0.25) is 5.91 Å². The van der Waals surface area contributed by atoms with Gasteiger partial charge in [0.05, 0.1) is 6.04 Å². The van der Waals surface area contributed by atoms with E-state index in [2.05, 4.69) is 18.7 Å². The standard InChI is InChI=1S/C13H24N2O3/c1-4-10(2)15-9-5-8-14(3)13(18)11(15)6-7-12(16)17/h10-11H,4-9H2,1-3H3,(H,16,17). The molecule has 0 spiro atoms. The number of hydrogen-bond acceptors (Lipinski definition) is 3. The van der Waals surface area contributed by atoms with Crippen molar-refractivity contribution < 1.29 is 14.7 Å². The normalized spacial score (nSPS) is 23.8. The lowest BCUT2D eigenvalue weighted by Gasteiger charge is -2.34. The van der Waals surface area contributed by atoms with Gasteiger partial charge in [0, 0.05) is 32.6 Å². The van der Waals surface area contributed by atoms with E-state index in [9.17, 15) is 9.59 Å². The van der Waals surface area contributed by atoms with Crippen molar-refractivity contribution in [3.8, 4) is 0 Å². The van der Waals surface area contributed by atoms with Gasteiger partial charge in [-0.2, -0.15) is 0 Å². The van der Waals surface area contributed by atoms with Crippen LogP contribution in [0.15, 0.2) is 0 Å². The van der Waals surface area contributed by atoms with Crippen molar-refractivity contribution in [2.45, 2.75) is 51.6 Å². The highest BCUT2D eigenvalue weighted by molar-refractivity contribution is 5.82. The van der Waals surface area contributed by atoms with Crippen molar-refractivity contribution in [2.24, 2.45) is 0 Å². The minimum atomic E-state index is -0.834. The fraction of sp³-hybridized carbons (Fsp3) is 0.846. The van der Waals surface area contributed by atoms with Crippen molar-refractivity contribution in [3.05, 3.63) is 0 Å². The van der Waals surface area contributed by atoms with Gasteiger partial charge < -0.3 is 10.0 Å². The summed E-state index contributed by atoms with van der Waals surface area (Å²) in [5.41, 5.74) is 0. The molecule has 0 saturated carbocycles. The van der Waals surface area contributed by atoms with Crippen molar-refractivity contribution in [2.75, 3.05) is 20.1 Å². The minimum Gasteiger partial charge on any atom is -0.481 e. The van der Waals surface area contributed by atoms with Crippen LogP contribution in [0.5, 0.6) is 0 Å². The SMILES string of the molecule is CCC(C)N1CCCN(C)C(=O)C1CCC(=O)O. The van der Waals surface area contributed by atoms with E-state index in [1.165, 1.54) is 0 Å². The molecule has 1 rings (SSSR count). The Morgan fingerprint density at radius 3 is 2.72 bits per heavy atom. The van der Waals surface area contributed by atoms with Gasteiger partial charge in [-0.25, -0.2) is 0 Å². The summed E-state index contributed by atoms with van der Waals surface area (Å²) in [5.74, 6) is -0.771. The summed E-state index contributed by atoms with van der Waals surface area (Å²) in [6.07, 6.45) is 2.39. The molecule has 1 heterocycles. The molecule has 2 atom stereocenters. The number of carbonyl (C=O) groups excluding carboxylic acids is 1. The van der Waals surface area contributed by atoms with Crippen LogP contribution in [0.2, 0.25) is 0 Å². The van der Waals surface area contributed by atoms with E-state index in [0.717, 1.165) is 25.9 Å². The second-order valence-corrected chi connectivity index (χ2v) is 5.06. The van der Waals surface area contributed by atoms with Crippen molar-refractivity contribution in [1.82, 2.24) is 9.80 Å². The zero-order chi connectivity index (χ0) is 13.7. The molecule has 0 aliphatic carbocycles. The molecular weight excluding hydrogens is 232 g/mol. The van der Waals surface area contributed by atoms with E-state index >= 15 is 0 Å². The third-order valence-electron chi connectivity index (χ3n) is 3.76. The summed E-state index contributed by atoms with van der Waals surface area (Å²) < 4.78 is 0. The largest absolute Gasteiger partial charge is 0.481 e. The Hall–Kier alpha value is -1.10. The van der Waals surface area contributed by atoms with Crippen LogP contribution in [0.1, 0.15) is 39.5 Å². The van der Waals surface area contributed by atoms with Crippen LogP contribution >= 0.6 is 0 Å². The molecule has 104 valence electrons. The van der Waals surface area contributed by atoms with Crippen LogP contribution in [0, 0.1) is 0 Å². The van der Waals surface area contributed by atoms with Gasteiger partial charge in [0.1, 0.15) is 0 Å². The Morgan fingerprint density at radius 1 is 1.50 bits per heavy atom. The van der Waals surface area contributed by atoms with Gasteiger partial charge in [0.15, 0.2) is 0 Å². The van der Waals surface area contributed by atoms with Gasteiger partial charge in [-0.1, -0.05) is 6.92 Å². The predicted molar refractivity (Wildman–Crippen MR) is 69.4 cm³/mol. The van der Waals surface area contributed by atoms with E-state index < -0.39 is 5.97 Å². The summed E-state index contributed by atoms with van der Waals surface area (Å²) in [6, 6.07) is 0.0443. The first-order chi connectivity index (χ1) is 8.47. The molecule has 0 bridgehead atoms. The monoisotopic (exact) mass is 256 g/mol. The maximum atomic E-state index is 12.3. The van der Waals surface area contributed by atoms with E-state index in [-0.39, 0.29) is 18.4 Å². The minimum absolute atomic E-state index is 0.0528. The molecular formula is C13H24N2O3. The lowest BCUT2D eigenvalue weighted by molar-refractivity contribution is -0.139. The number of hydrogen-bond donors (Lipinski definition) is 1. The first-order valence-electron chi connectivity index (χ1n) is 6.69. The topological polar surface area (TPSA) is 60.9 Å². The molecule has 0 radical (unpaired) electrons. The summed E-state index contributed by atoms with van der Waals surface area (Å²) in [6.45, 7) is 5.83. The van der Waals surface area contributed by atoms with E-state index in [1.54, 1.807) is 11.9 Å². The number of amides is 1. The van der Waals surface area contributed by atoms with E-state index in [4.69, 9.17) is 5.11 Å². The van der Waals surface area contributed by atoms with Gasteiger partial charge in [0.25, 0.3) is 0 Å². The van der Waals surface area contributed by atoms with Crippen LogP contribution < -0.4 is 0 Å². The molecule has 0 aromatic carbocycles. The fourth-order valence-corrected chi connectivity index (χ4v) is 2.46. The average molecular weight is 256 g/mol. The molecule has 18 heavy (non-hydrogen) atoms. The molecule has 1 aliphatic rings.